The Labute approximate surface area is 223 Å². The van der Waals surface area contributed by atoms with Gasteiger partial charge >= 0.3 is 6.18 Å². The van der Waals surface area contributed by atoms with E-state index in [2.05, 4.69) is 15.8 Å². The molecule has 10 heteroatoms. The monoisotopic (exact) mass is 536 g/mol. The van der Waals surface area contributed by atoms with E-state index < -0.39 is 17.6 Å². The number of rotatable bonds is 7. The van der Waals surface area contributed by atoms with Crippen molar-refractivity contribution in [1.29, 1.82) is 0 Å². The van der Waals surface area contributed by atoms with Crippen molar-refractivity contribution < 1.29 is 27.9 Å². The number of hydrogen-bond donors (Lipinski definition) is 3. The number of carbonyl (C=O) groups is 2. The molecule has 39 heavy (non-hydrogen) atoms. The maximum Gasteiger partial charge on any atom is 0.416 e. The van der Waals surface area contributed by atoms with Gasteiger partial charge in [-0.3, -0.25) is 14.2 Å². The maximum atomic E-state index is 13.5. The van der Waals surface area contributed by atoms with Crippen molar-refractivity contribution in [3.05, 3.63) is 89.0 Å². The van der Waals surface area contributed by atoms with Gasteiger partial charge in [-0.25, -0.2) is 5.43 Å². The third-order valence-electron chi connectivity index (χ3n) is 6.08. The van der Waals surface area contributed by atoms with Crippen molar-refractivity contribution in [3.63, 3.8) is 0 Å². The standard InChI is InChI=1S/C29H27F3N4O3/c1-17-13-18(2)15-22(14-17)36-24-16-20(29(30,31)32)9-10-23(24)27(28(36)39)19(3)34-35-26(38)12-11-25(37)33-21-7-5-4-6-8-21/h4-10,13-16,39H,11-12H2,1-3H3,(H,33,37)(H,35,38). The van der Waals surface area contributed by atoms with Crippen LogP contribution in [-0.4, -0.2) is 27.2 Å². The largest absolute Gasteiger partial charge is 0.494 e. The van der Waals surface area contributed by atoms with Gasteiger partial charge in [0.1, 0.15) is 0 Å². The lowest BCUT2D eigenvalue weighted by Gasteiger charge is -2.11. The summed E-state index contributed by atoms with van der Waals surface area (Å²) in [5.41, 5.74) is 4.85. The van der Waals surface area contributed by atoms with Gasteiger partial charge in [0.25, 0.3) is 0 Å². The fourth-order valence-electron chi connectivity index (χ4n) is 4.38. The molecule has 2 amide bonds. The molecule has 0 spiro atoms. The van der Waals surface area contributed by atoms with Crippen molar-refractivity contribution >= 4 is 34.1 Å². The van der Waals surface area contributed by atoms with Gasteiger partial charge in [-0.1, -0.05) is 30.3 Å². The quantitative estimate of drug-likeness (QED) is 0.193. The van der Waals surface area contributed by atoms with Crippen LogP contribution in [0.4, 0.5) is 18.9 Å². The van der Waals surface area contributed by atoms with E-state index in [1.54, 1.807) is 36.4 Å². The van der Waals surface area contributed by atoms with Crippen molar-refractivity contribution in [2.24, 2.45) is 5.10 Å². The number of nitrogens with one attached hydrogen (secondary N) is 2. The van der Waals surface area contributed by atoms with Crippen LogP contribution in [0.3, 0.4) is 0 Å². The normalized spacial score (nSPS) is 12.0. The first-order valence-electron chi connectivity index (χ1n) is 12.2. The van der Waals surface area contributed by atoms with E-state index in [1.165, 1.54) is 17.6 Å². The highest BCUT2D eigenvalue weighted by Crippen LogP contribution is 2.39. The summed E-state index contributed by atoms with van der Waals surface area (Å²) >= 11 is 0. The highest BCUT2D eigenvalue weighted by Gasteiger charge is 2.32. The Morgan fingerprint density at radius 3 is 2.21 bits per heavy atom. The van der Waals surface area contributed by atoms with E-state index >= 15 is 0 Å². The van der Waals surface area contributed by atoms with Gasteiger partial charge in [-0.05, 0) is 68.3 Å². The topological polar surface area (TPSA) is 95.7 Å². The Morgan fingerprint density at radius 2 is 1.56 bits per heavy atom. The SMILES string of the molecule is CC(=NNC(=O)CCC(=O)Nc1ccccc1)c1c(O)n(-c2cc(C)cc(C)c2)c2cc(C(F)(F)F)ccc12. The Hall–Kier alpha value is -4.60. The van der Waals surface area contributed by atoms with Gasteiger partial charge in [0.15, 0.2) is 0 Å². The third-order valence-corrected chi connectivity index (χ3v) is 6.08. The van der Waals surface area contributed by atoms with E-state index in [0.717, 1.165) is 23.3 Å². The highest BCUT2D eigenvalue weighted by molar-refractivity contribution is 6.13. The average Bonchev–Trinajstić information content (AvgIpc) is 3.16. The van der Waals surface area contributed by atoms with Crippen molar-refractivity contribution in [2.75, 3.05) is 5.32 Å². The molecule has 1 heterocycles. The second-order valence-electron chi connectivity index (χ2n) is 9.26. The number of halogens is 3. The summed E-state index contributed by atoms with van der Waals surface area (Å²) in [4.78, 5) is 24.5. The Bertz CT molecular complexity index is 1550. The number of amides is 2. The Kier molecular flexibility index (Phi) is 7.75. The summed E-state index contributed by atoms with van der Waals surface area (Å²) in [6.45, 7) is 5.23. The second-order valence-corrected chi connectivity index (χ2v) is 9.26. The lowest BCUT2D eigenvalue weighted by atomic mass is 10.1. The number of carbonyl (C=O) groups excluding carboxylic acids is 2. The van der Waals surface area contributed by atoms with Crippen LogP contribution in [0.15, 0.2) is 71.8 Å². The number of hydrazone groups is 1. The molecule has 0 saturated heterocycles. The minimum atomic E-state index is -4.58. The van der Waals surface area contributed by atoms with Crippen LogP contribution >= 0.6 is 0 Å². The summed E-state index contributed by atoms with van der Waals surface area (Å²) in [6, 6.07) is 17.4. The van der Waals surface area contributed by atoms with Crippen LogP contribution in [0.25, 0.3) is 16.6 Å². The Morgan fingerprint density at radius 1 is 0.923 bits per heavy atom. The van der Waals surface area contributed by atoms with Crippen molar-refractivity contribution in [3.8, 4) is 11.6 Å². The molecule has 0 unspecified atom stereocenters. The molecule has 3 aromatic carbocycles. The highest BCUT2D eigenvalue weighted by atomic mass is 19.4. The van der Waals surface area contributed by atoms with Crippen LogP contribution in [0.5, 0.6) is 5.88 Å². The number of aryl methyl sites for hydroxylation is 2. The number of aromatic nitrogens is 1. The number of aromatic hydroxyl groups is 1. The van der Waals surface area contributed by atoms with Gasteiger partial charge in [0.2, 0.25) is 17.7 Å². The van der Waals surface area contributed by atoms with E-state index in [1.807, 2.05) is 26.0 Å². The zero-order valence-electron chi connectivity index (χ0n) is 21.6. The lowest BCUT2D eigenvalue weighted by Crippen LogP contribution is -2.21. The molecule has 4 rings (SSSR count). The van der Waals surface area contributed by atoms with Gasteiger partial charge in [0, 0.05) is 29.6 Å². The number of anilines is 1. The fraction of sp³-hybridized carbons (Fsp3) is 0.207. The molecule has 1 aromatic heterocycles. The first-order chi connectivity index (χ1) is 18.4. The number of para-hydroxylation sites is 1. The van der Waals surface area contributed by atoms with Crippen LogP contribution < -0.4 is 10.7 Å². The van der Waals surface area contributed by atoms with Gasteiger partial charge in [-0.15, -0.1) is 0 Å². The zero-order chi connectivity index (χ0) is 28.3. The summed E-state index contributed by atoms with van der Waals surface area (Å²) in [5, 5.41) is 18.3. The zero-order valence-corrected chi connectivity index (χ0v) is 21.6. The number of fused-ring (bicyclic) bond motifs is 1. The minimum Gasteiger partial charge on any atom is -0.494 e. The minimum absolute atomic E-state index is 0.0766. The average molecular weight is 537 g/mol. The number of hydrogen-bond acceptors (Lipinski definition) is 4. The third kappa shape index (κ3) is 6.28. The molecule has 7 nitrogen and oxygen atoms in total. The molecular weight excluding hydrogens is 509 g/mol. The van der Waals surface area contributed by atoms with Gasteiger partial charge in [0.05, 0.1) is 22.4 Å². The first-order valence-corrected chi connectivity index (χ1v) is 12.2. The predicted octanol–water partition coefficient (Wildman–Crippen LogP) is 6.23. The molecule has 4 aromatic rings. The molecule has 0 radical (unpaired) electrons. The van der Waals surface area contributed by atoms with Crippen LogP contribution in [0, 0.1) is 13.8 Å². The first kappa shape index (κ1) is 27.4. The van der Waals surface area contributed by atoms with E-state index in [-0.39, 0.29) is 41.4 Å². The number of alkyl halides is 3. The molecular formula is C29H27F3N4O3. The summed E-state index contributed by atoms with van der Waals surface area (Å²) in [6.07, 6.45) is -4.79. The molecule has 0 aliphatic rings. The smallest absolute Gasteiger partial charge is 0.416 e. The molecule has 0 aliphatic carbocycles. The molecule has 0 bridgehead atoms. The van der Waals surface area contributed by atoms with Gasteiger partial charge < -0.3 is 10.4 Å². The van der Waals surface area contributed by atoms with E-state index in [0.29, 0.717) is 16.8 Å². The molecule has 0 saturated carbocycles. The molecule has 0 atom stereocenters. The predicted molar refractivity (Wildman–Crippen MR) is 144 cm³/mol. The second kappa shape index (κ2) is 11.0. The molecule has 0 aliphatic heterocycles. The van der Waals surface area contributed by atoms with E-state index in [9.17, 15) is 27.9 Å². The summed E-state index contributed by atoms with van der Waals surface area (Å²) in [5.74, 6) is -1.19. The lowest BCUT2D eigenvalue weighted by molar-refractivity contribution is -0.137. The summed E-state index contributed by atoms with van der Waals surface area (Å²) < 4.78 is 41.9. The molecule has 202 valence electrons. The number of nitrogens with zero attached hydrogens (tertiary/aromatic N) is 2. The fourth-order valence-corrected chi connectivity index (χ4v) is 4.38. The molecule has 0 fully saturated rings. The van der Waals surface area contributed by atoms with E-state index in [4.69, 9.17) is 0 Å². The van der Waals surface area contributed by atoms with Crippen LogP contribution in [0.1, 0.15) is 42.0 Å². The van der Waals surface area contributed by atoms with Crippen molar-refractivity contribution in [2.45, 2.75) is 39.8 Å². The van der Waals surface area contributed by atoms with Crippen molar-refractivity contribution in [1.82, 2.24) is 9.99 Å². The number of benzene rings is 3. The molecule has 3 N–H and O–H groups in total. The van der Waals surface area contributed by atoms with Crippen LogP contribution in [-0.2, 0) is 15.8 Å². The van der Waals surface area contributed by atoms with Crippen LogP contribution in [0.2, 0.25) is 0 Å². The Balaban J connectivity index is 1.62. The maximum absolute atomic E-state index is 13.5. The van der Waals surface area contributed by atoms with Gasteiger partial charge in [-0.2, -0.15) is 18.3 Å². The summed E-state index contributed by atoms with van der Waals surface area (Å²) in [7, 11) is 0.